The van der Waals surface area contributed by atoms with Crippen LogP contribution in [0.3, 0.4) is 0 Å². The molecular formula is C20H24BrNO4. The van der Waals surface area contributed by atoms with Crippen molar-refractivity contribution < 1.29 is 18.9 Å². The molecule has 140 valence electrons. The Kier molecular flexibility index (Phi) is 3.21. The van der Waals surface area contributed by atoms with Crippen molar-refractivity contribution in [3.63, 3.8) is 0 Å². The summed E-state index contributed by atoms with van der Waals surface area (Å²) in [6.07, 6.45) is 4.12. The van der Waals surface area contributed by atoms with Crippen LogP contribution < -0.4 is 9.47 Å². The Balaban J connectivity index is 1.64. The van der Waals surface area contributed by atoms with Gasteiger partial charge in [-0.3, -0.25) is 0 Å². The molecule has 5 nitrogen and oxygen atoms in total. The van der Waals surface area contributed by atoms with E-state index in [1.807, 2.05) is 0 Å². The normalized spacial score (nSPS) is 39.0. The summed E-state index contributed by atoms with van der Waals surface area (Å²) in [6.45, 7) is 2.41. The molecule has 0 amide bonds. The van der Waals surface area contributed by atoms with E-state index in [0.29, 0.717) is 25.2 Å². The number of methoxy groups -OCH3 is 1. The molecule has 3 heterocycles. The molecule has 1 saturated carbocycles. The maximum atomic E-state index is 6.71. The van der Waals surface area contributed by atoms with Crippen LogP contribution in [-0.2, 0) is 21.3 Å². The largest absolute Gasteiger partial charge is 0.493 e. The second-order valence-electron chi connectivity index (χ2n) is 8.44. The number of rotatable bonds is 1. The zero-order chi connectivity index (χ0) is 17.7. The smallest absolute Gasteiger partial charge is 0.206 e. The van der Waals surface area contributed by atoms with E-state index in [2.05, 4.69) is 33.9 Å². The molecule has 3 aliphatic heterocycles. The first-order valence-electron chi connectivity index (χ1n) is 9.65. The van der Waals surface area contributed by atoms with E-state index < -0.39 is 5.79 Å². The van der Waals surface area contributed by atoms with Gasteiger partial charge in [-0.05, 0) is 50.4 Å². The van der Waals surface area contributed by atoms with Crippen molar-refractivity contribution in [3.05, 3.63) is 21.7 Å². The number of ether oxygens (including phenoxy) is 4. The van der Waals surface area contributed by atoms with E-state index in [9.17, 15) is 0 Å². The van der Waals surface area contributed by atoms with Crippen LogP contribution >= 0.6 is 15.9 Å². The number of halogens is 1. The molecule has 5 aliphatic rings. The minimum atomic E-state index is -0.595. The van der Waals surface area contributed by atoms with E-state index in [-0.39, 0.29) is 11.5 Å². The number of likely N-dealkylation sites (N-methyl/N-ethyl adjacent to an activating group) is 1. The Hall–Kier alpha value is -0.820. The fraction of sp³-hybridized carbons (Fsp3) is 0.700. The molecule has 4 atom stereocenters. The lowest BCUT2D eigenvalue weighted by Gasteiger charge is -2.60. The molecule has 2 bridgehead atoms. The van der Waals surface area contributed by atoms with Gasteiger partial charge >= 0.3 is 0 Å². The molecule has 0 aromatic heterocycles. The summed E-state index contributed by atoms with van der Waals surface area (Å²) in [7, 11) is 4.00. The maximum absolute atomic E-state index is 6.71. The summed E-state index contributed by atoms with van der Waals surface area (Å²) in [6, 6.07) is 2.62. The monoisotopic (exact) mass is 421 g/mol. The fourth-order valence-corrected chi connectivity index (χ4v) is 7.22. The Morgan fingerprint density at radius 1 is 1.27 bits per heavy atom. The molecule has 3 fully saturated rings. The number of fused-ring (bicyclic) bond motifs is 1. The number of likely N-dealkylation sites (tertiary alicyclic amines) is 1. The van der Waals surface area contributed by atoms with Crippen molar-refractivity contribution in [2.45, 2.75) is 49.0 Å². The standard InChI is InChI=1S/C20H24BrNO4/c1-22-6-5-19-12-3-4-20(24-7-8-25-20)18(19)26-17-15(23-2)10-13(21)11(16(17)19)9-14(12)22/h10,12,14,18H,3-9H2,1-2H3/t12-,14-,18+,19-/m0/s1. The number of hydrogen-bond donors (Lipinski definition) is 0. The van der Waals surface area contributed by atoms with E-state index in [0.717, 1.165) is 48.2 Å². The number of nitrogens with zero attached hydrogens (tertiary/aromatic N) is 1. The van der Waals surface area contributed by atoms with Gasteiger partial charge in [-0.1, -0.05) is 15.9 Å². The molecule has 2 saturated heterocycles. The molecular weight excluding hydrogens is 398 g/mol. The summed E-state index contributed by atoms with van der Waals surface area (Å²) in [5, 5.41) is 0. The van der Waals surface area contributed by atoms with Gasteiger partial charge in [0.05, 0.1) is 20.3 Å². The van der Waals surface area contributed by atoms with Crippen molar-refractivity contribution in [2.75, 3.05) is 33.9 Å². The quantitative estimate of drug-likeness (QED) is 0.696. The SMILES string of the molecule is COc1cc(Br)c2c3c1O[C@H]1C4(CC[C@H]5[C@H](C2)N(C)CC[C@@]351)OCCO4. The molecule has 2 aliphatic carbocycles. The second kappa shape index (κ2) is 5.16. The average molecular weight is 422 g/mol. The molecule has 0 unspecified atom stereocenters. The maximum Gasteiger partial charge on any atom is 0.206 e. The van der Waals surface area contributed by atoms with Crippen LogP contribution in [-0.4, -0.2) is 56.7 Å². The van der Waals surface area contributed by atoms with Gasteiger partial charge in [0.25, 0.3) is 0 Å². The molecule has 2 spiro atoms. The van der Waals surface area contributed by atoms with Gasteiger partial charge < -0.3 is 23.8 Å². The topological polar surface area (TPSA) is 40.2 Å². The van der Waals surface area contributed by atoms with Gasteiger partial charge in [0.2, 0.25) is 5.79 Å². The van der Waals surface area contributed by atoms with Crippen molar-refractivity contribution >= 4 is 15.9 Å². The summed E-state index contributed by atoms with van der Waals surface area (Å²) in [4.78, 5) is 2.55. The van der Waals surface area contributed by atoms with Crippen LogP contribution in [0.4, 0.5) is 0 Å². The predicted molar refractivity (Wildman–Crippen MR) is 98.9 cm³/mol. The molecule has 6 rings (SSSR count). The Morgan fingerprint density at radius 2 is 2.08 bits per heavy atom. The van der Waals surface area contributed by atoms with Crippen molar-refractivity contribution in [2.24, 2.45) is 5.92 Å². The first-order valence-corrected chi connectivity index (χ1v) is 10.4. The van der Waals surface area contributed by atoms with E-state index in [1.165, 1.54) is 11.1 Å². The summed E-state index contributed by atoms with van der Waals surface area (Å²) >= 11 is 3.83. The lowest BCUT2D eigenvalue weighted by Crippen LogP contribution is -2.70. The van der Waals surface area contributed by atoms with Gasteiger partial charge in [-0.15, -0.1) is 0 Å². The van der Waals surface area contributed by atoms with E-state index in [4.69, 9.17) is 18.9 Å². The molecule has 0 radical (unpaired) electrons. The lowest BCUT2D eigenvalue weighted by molar-refractivity contribution is -0.260. The Bertz CT molecular complexity index is 793. The first-order chi connectivity index (χ1) is 12.6. The summed E-state index contributed by atoms with van der Waals surface area (Å²) in [5.41, 5.74) is 2.74. The highest BCUT2D eigenvalue weighted by molar-refractivity contribution is 9.10. The second-order valence-corrected chi connectivity index (χ2v) is 9.29. The number of benzene rings is 1. The fourth-order valence-electron chi connectivity index (χ4n) is 6.65. The van der Waals surface area contributed by atoms with Crippen LogP contribution in [0.2, 0.25) is 0 Å². The van der Waals surface area contributed by atoms with E-state index in [1.54, 1.807) is 7.11 Å². The van der Waals surface area contributed by atoms with Crippen LogP contribution in [0.5, 0.6) is 11.5 Å². The third-order valence-corrected chi connectivity index (χ3v) is 8.36. The Labute approximate surface area is 162 Å². The molecule has 26 heavy (non-hydrogen) atoms. The highest BCUT2D eigenvalue weighted by Crippen LogP contribution is 2.67. The van der Waals surface area contributed by atoms with Crippen LogP contribution in [0.25, 0.3) is 0 Å². The summed E-state index contributed by atoms with van der Waals surface area (Å²) in [5.74, 6) is 1.74. The first kappa shape index (κ1) is 16.2. The lowest BCUT2D eigenvalue weighted by atomic mass is 9.50. The van der Waals surface area contributed by atoms with Crippen LogP contribution in [0.1, 0.15) is 30.4 Å². The average Bonchev–Trinajstić information content (AvgIpc) is 3.24. The van der Waals surface area contributed by atoms with Gasteiger partial charge in [0.15, 0.2) is 17.6 Å². The highest BCUT2D eigenvalue weighted by Gasteiger charge is 2.71. The van der Waals surface area contributed by atoms with E-state index >= 15 is 0 Å². The highest BCUT2D eigenvalue weighted by atomic mass is 79.9. The third kappa shape index (κ3) is 1.69. The summed E-state index contributed by atoms with van der Waals surface area (Å²) < 4.78 is 26.1. The molecule has 6 heteroatoms. The molecule has 1 aromatic carbocycles. The molecule has 0 N–H and O–H groups in total. The molecule has 1 aromatic rings. The van der Waals surface area contributed by atoms with Crippen molar-refractivity contribution in [3.8, 4) is 11.5 Å². The van der Waals surface area contributed by atoms with Crippen molar-refractivity contribution in [1.29, 1.82) is 0 Å². The third-order valence-electron chi connectivity index (χ3n) is 7.65. The van der Waals surface area contributed by atoms with Crippen molar-refractivity contribution in [1.82, 2.24) is 4.90 Å². The van der Waals surface area contributed by atoms with Gasteiger partial charge in [0, 0.05) is 27.9 Å². The van der Waals surface area contributed by atoms with Crippen LogP contribution in [0.15, 0.2) is 10.5 Å². The number of piperidine rings is 1. The Morgan fingerprint density at radius 3 is 2.85 bits per heavy atom. The minimum absolute atomic E-state index is 0.0280. The number of hydrogen-bond acceptors (Lipinski definition) is 5. The zero-order valence-electron chi connectivity index (χ0n) is 15.2. The van der Waals surface area contributed by atoms with Gasteiger partial charge in [-0.25, -0.2) is 0 Å². The minimum Gasteiger partial charge on any atom is -0.493 e. The van der Waals surface area contributed by atoms with Crippen LogP contribution in [0, 0.1) is 5.92 Å². The predicted octanol–water partition coefficient (Wildman–Crippen LogP) is 2.87. The van der Waals surface area contributed by atoms with Gasteiger partial charge in [0.1, 0.15) is 0 Å². The zero-order valence-corrected chi connectivity index (χ0v) is 16.8. The van der Waals surface area contributed by atoms with Gasteiger partial charge in [-0.2, -0.15) is 0 Å².